The summed E-state index contributed by atoms with van der Waals surface area (Å²) < 4.78 is 11.6. The molecule has 1 heterocycles. The Labute approximate surface area is 132 Å². The molecule has 2 aromatic rings. The second-order valence-corrected chi connectivity index (χ2v) is 5.55. The number of carbonyl (C=O) groups is 2. The molecule has 2 amide bonds. The largest absolute Gasteiger partial charge is 0.497 e. The van der Waals surface area contributed by atoms with E-state index in [1.165, 1.54) is 7.11 Å². The Kier molecular flexibility index (Phi) is 3.77. The summed E-state index contributed by atoms with van der Waals surface area (Å²) in [6, 6.07) is 12.0. The Hall–Kier alpha value is -2.47. The van der Waals surface area contributed by atoms with Gasteiger partial charge < -0.3 is 9.47 Å². The van der Waals surface area contributed by atoms with Gasteiger partial charge in [-0.1, -0.05) is 12.1 Å². The second kappa shape index (κ2) is 5.73. The molecular weight excluding hydrogens is 302 g/mol. The Morgan fingerprint density at radius 3 is 2.09 bits per heavy atom. The minimum absolute atomic E-state index is 0.324. The van der Waals surface area contributed by atoms with E-state index in [9.17, 15) is 9.59 Å². The average molecular weight is 315 g/mol. The van der Waals surface area contributed by atoms with Crippen LogP contribution in [-0.2, 0) is 0 Å². The standard InChI is InChI=1S/C16H13NO4S/c1-20-10-7-8-13(21-2)14(9-10)22-17-15(18)11-5-3-4-6-12(11)16(17)19/h3-9H,1-2H3. The first-order valence-corrected chi connectivity index (χ1v) is 7.31. The lowest BCUT2D eigenvalue weighted by Crippen LogP contribution is -2.22. The lowest BCUT2D eigenvalue weighted by molar-refractivity contribution is 0.0777. The van der Waals surface area contributed by atoms with Gasteiger partial charge in [-0.25, -0.2) is 4.31 Å². The average Bonchev–Trinajstić information content (AvgIpc) is 2.80. The van der Waals surface area contributed by atoms with Gasteiger partial charge in [0.2, 0.25) is 0 Å². The van der Waals surface area contributed by atoms with Gasteiger partial charge >= 0.3 is 0 Å². The van der Waals surface area contributed by atoms with Crippen molar-refractivity contribution >= 4 is 23.8 Å². The number of imide groups is 1. The summed E-state index contributed by atoms with van der Waals surface area (Å²) in [5, 5.41) is 0. The molecule has 0 fully saturated rings. The van der Waals surface area contributed by atoms with Crippen LogP contribution in [0.4, 0.5) is 0 Å². The van der Waals surface area contributed by atoms with E-state index in [2.05, 4.69) is 0 Å². The molecule has 6 heteroatoms. The SMILES string of the molecule is COc1ccc(OC)c(SN2C(=O)c3ccccc3C2=O)c1. The molecular formula is C16H13NO4S. The molecule has 5 nitrogen and oxygen atoms in total. The number of hydrogen-bond acceptors (Lipinski definition) is 5. The number of ether oxygens (including phenoxy) is 2. The molecule has 0 saturated heterocycles. The predicted molar refractivity (Wildman–Crippen MR) is 82.3 cm³/mol. The minimum Gasteiger partial charge on any atom is -0.497 e. The van der Waals surface area contributed by atoms with Gasteiger partial charge in [-0.2, -0.15) is 0 Å². The van der Waals surface area contributed by atoms with Crippen molar-refractivity contribution in [2.75, 3.05) is 14.2 Å². The van der Waals surface area contributed by atoms with E-state index in [0.29, 0.717) is 27.5 Å². The maximum absolute atomic E-state index is 12.4. The minimum atomic E-state index is -0.324. The number of benzene rings is 2. The van der Waals surface area contributed by atoms with Crippen LogP contribution in [0.1, 0.15) is 20.7 Å². The number of methoxy groups -OCH3 is 2. The van der Waals surface area contributed by atoms with Crippen molar-refractivity contribution in [1.82, 2.24) is 4.31 Å². The first-order valence-electron chi connectivity index (χ1n) is 6.53. The zero-order valence-electron chi connectivity index (χ0n) is 12.0. The summed E-state index contributed by atoms with van der Waals surface area (Å²) in [5.41, 5.74) is 0.837. The van der Waals surface area contributed by atoms with Crippen molar-refractivity contribution < 1.29 is 19.1 Å². The van der Waals surface area contributed by atoms with Crippen LogP contribution in [0, 0.1) is 0 Å². The van der Waals surface area contributed by atoms with Crippen LogP contribution in [0.2, 0.25) is 0 Å². The van der Waals surface area contributed by atoms with Crippen LogP contribution in [0.5, 0.6) is 11.5 Å². The topological polar surface area (TPSA) is 55.8 Å². The zero-order valence-corrected chi connectivity index (χ0v) is 12.8. The number of fused-ring (bicyclic) bond motifs is 1. The molecule has 0 unspecified atom stereocenters. The normalized spacial score (nSPS) is 13.3. The van der Waals surface area contributed by atoms with Crippen LogP contribution < -0.4 is 9.47 Å². The van der Waals surface area contributed by atoms with Crippen molar-refractivity contribution in [2.45, 2.75) is 4.90 Å². The lowest BCUT2D eigenvalue weighted by atomic mass is 10.1. The van der Waals surface area contributed by atoms with Crippen LogP contribution >= 0.6 is 11.9 Å². The fourth-order valence-corrected chi connectivity index (χ4v) is 3.17. The van der Waals surface area contributed by atoms with Crippen molar-refractivity contribution in [3.63, 3.8) is 0 Å². The number of hydrogen-bond donors (Lipinski definition) is 0. The van der Waals surface area contributed by atoms with Crippen molar-refractivity contribution in [3.05, 3.63) is 53.6 Å². The van der Waals surface area contributed by atoms with Crippen LogP contribution in [0.25, 0.3) is 0 Å². The lowest BCUT2D eigenvalue weighted by Gasteiger charge is -2.15. The van der Waals surface area contributed by atoms with Gasteiger partial charge in [-0.3, -0.25) is 9.59 Å². The molecule has 112 valence electrons. The third-order valence-corrected chi connectivity index (χ3v) is 4.35. The highest BCUT2D eigenvalue weighted by molar-refractivity contribution is 7.98. The fourth-order valence-electron chi connectivity index (χ4n) is 2.20. The number of carbonyl (C=O) groups excluding carboxylic acids is 2. The van der Waals surface area contributed by atoms with Crippen LogP contribution in [0.15, 0.2) is 47.4 Å². The molecule has 3 rings (SSSR count). The summed E-state index contributed by atoms with van der Waals surface area (Å²) in [7, 11) is 3.09. The Balaban J connectivity index is 1.95. The summed E-state index contributed by atoms with van der Waals surface area (Å²) in [6.45, 7) is 0. The van der Waals surface area contributed by atoms with Gasteiger partial charge in [0.15, 0.2) is 0 Å². The third kappa shape index (κ3) is 2.31. The Bertz CT molecular complexity index is 725. The molecule has 0 bridgehead atoms. The summed E-state index contributed by atoms with van der Waals surface area (Å²) in [5.74, 6) is 0.549. The van der Waals surface area contributed by atoms with E-state index in [4.69, 9.17) is 9.47 Å². The predicted octanol–water partition coefficient (Wildman–Crippen LogP) is 3.01. The van der Waals surface area contributed by atoms with Crippen LogP contribution in [-0.4, -0.2) is 30.3 Å². The highest BCUT2D eigenvalue weighted by atomic mass is 32.2. The summed E-state index contributed by atoms with van der Waals surface area (Å²) in [6.07, 6.45) is 0. The first-order chi connectivity index (χ1) is 10.7. The molecule has 0 atom stereocenters. The zero-order chi connectivity index (χ0) is 15.7. The van der Waals surface area contributed by atoms with Gasteiger partial charge in [-0.15, -0.1) is 0 Å². The monoisotopic (exact) mass is 315 g/mol. The smallest absolute Gasteiger partial charge is 0.272 e. The first kappa shape index (κ1) is 14.5. The fraction of sp³-hybridized carbons (Fsp3) is 0.125. The summed E-state index contributed by atoms with van der Waals surface area (Å²) >= 11 is 1.03. The van der Waals surface area contributed by atoms with Gasteiger partial charge in [0.1, 0.15) is 11.5 Å². The van der Waals surface area contributed by atoms with Gasteiger partial charge in [-0.05, 0) is 30.3 Å². The van der Waals surface area contributed by atoms with Crippen molar-refractivity contribution in [3.8, 4) is 11.5 Å². The van der Waals surface area contributed by atoms with Gasteiger partial charge in [0.05, 0.1) is 30.2 Å². The number of amides is 2. The van der Waals surface area contributed by atoms with Gasteiger partial charge in [0.25, 0.3) is 11.8 Å². The number of rotatable bonds is 4. The molecule has 22 heavy (non-hydrogen) atoms. The highest BCUT2D eigenvalue weighted by Gasteiger charge is 2.36. The molecule has 1 aliphatic rings. The maximum atomic E-state index is 12.4. The van der Waals surface area contributed by atoms with Gasteiger partial charge in [0, 0.05) is 11.9 Å². The van der Waals surface area contributed by atoms with E-state index >= 15 is 0 Å². The molecule has 0 spiro atoms. The van der Waals surface area contributed by atoms with E-state index in [0.717, 1.165) is 16.3 Å². The molecule has 0 N–H and O–H groups in total. The van der Waals surface area contributed by atoms with E-state index in [1.807, 2.05) is 0 Å². The van der Waals surface area contributed by atoms with Crippen molar-refractivity contribution in [2.24, 2.45) is 0 Å². The number of nitrogens with zero attached hydrogens (tertiary/aromatic N) is 1. The summed E-state index contributed by atoms with van der Waals surface area (Å²) in [4.78, 5) is 25.4. The maximum Gasteiger partial charge on any atom is 0.272 e. The van der Waals surface area contributed by atoms with Crippen LogP contribution in [0.3, 0.4) is 0 Å². The van der Waals surface area contributed by atoms with E-state index in [-0.39, 0.29) is 11.8 Å². The molecule has 0 radical (unpaired) electrons. The Morgan fingerprint density at radius 2 is 1.55 bits per heavy atom. The molecule has 0 saturated carbocycles. The van der Waals surface area contributed by atoms with E-state index in [1.54, 1.807) is 49.6 Å². The molecule has 2 aromatic carbocycles. The quantitative estimate of drug-likeness (QED) is 0.641. The molecule has 0 aliphatic carbocycles. The molecule has 1 aliphatic heterocycles. The third-order valence-electron chi connectivity index (χ3n) is 3.32. The Morgan fingerprint density at radius 1 is 0.909 bits per heavy atom. The highest BCUT2D eigenvalue weighted by Crippen LogP contribution is 2.38. The molecule has 0 aromatic heterocycles. The second-order valence-electron chi connectivity index (χ2n) is 4.56. The van der Waals surface area contributed by atoms with E-state index < -0.39 is 0 Å². The van der Waals surface area contributed by atoms with Crippen molar-refractivity contribution in [1.29, 1.82) is 0 Å².